The number of hydrogen-bond donors (Lipinski definition) is 4. The molecule has 2 aromatic heterocycles. The van der Waals surface area contributed by atoms with E-state index in [1.807, 2.05) is 44.2 Å². The van der Waals surface area contributed by atoms with Gasteiger partial charge in [-0.3, -0.25) is 28.7 Å². The lowest BCUT2D eigenvalue weighted by molar-refractivity contribution is -0.133. The quantitative estimate of drug-likeness (QED) is 0.274. The van der Waals surface area contributed by atoms with Crippen molar-refractivity contribution in [3.05, 3.63) is 66.1 Å². The molecule has 3 heterocycles. The minimum Gasteiger partial charge on any atom is -0.359 e. The highest BCUT2D eigenvalue weighted by molar-refractivity contribution is 5.97. The van der Waals surface area contributed by atoms with E-state index in [0.717, 1.165) is 5.56 Å². The van der Waals surface area contributed by atoms with Crippen molar-refractivity contribution in [3.8, 4) is 0 Å². The van der Waals surface area contributed by atoms with Crippen molar-refractivity contribution in [1.29, 1.82) is 0 Å². The van der Waals surface area contributed by atoms with Crippen LogP contribution in [0, 0.1) is 5.92 Å². The van der Waals surface area contributed by atoms with Gasteiger partial charge in [-0.05, 0) is 31.2 Å². The average Bonchev–Trinajstić information content (AvgIpc) is 3.72. The predicted molar refractivity (Wildman–Crippen MR) is 165 cm³/mol. The zero-order chi connectivity index (χ0) is 33.1. The maximum atomic E-state index is 13.5. The summed E-state index contributed by atoms with van der Waals surface area (Å²) in [6, 6.07) is 7.73. The molecule has 3 atom stereocenters. The molecule has 0 unspecified atom stereocenters. The Morgan fingerprint density at radius 1 is 1.02 bits per heavy atom. The third-order valence-corrected chi connectivity index (χ3v) is 7.41. The van der Waals surface area contributed by atoms with Crippen molar-refractivity contribution in [2.24, 2.45) is 5.92 Å². The smallest absolute Gasteiger partial charge is 0.274 e. The Kier molecular flexibility index (Phi) is 12.0. The number of aryl methyl sites for hydroxylation is 1. The van der Waals surface area contributed by atoms with Crippen LogP contribution in [0.5, 0.6) is 0 Å². The summed E-state index contributed by atoms with van der Waals surface area (Å²) in [5.74, 6) is -2.10. The molecule has 15 nitrogen and oxygen atoms in total. The summed E-state index contributed by atoms with van der Waals surface area (Å²) in [5, 5.41) is 18.9. The second-order valence-corrected chi connectivity index (χ2v) is 11.7. The number of nitrogens with zero attached hydrogens (tertiary/aromatic N) is 5. The molecular weight excluding hydrogens is 594 g/mol. The molecule has 3 aromatic rings. The number of amides is 5. The van der Waals surface area contributed by atoms with Crippen molar-refractivity contribution >= 4 is 29.5 Å². The average molecular weight is 636 g/mol. The zero-order valence-electron chi connectivity index (χ0n) is 26.3. The van der Waals surface area contributed by atoms with Crippen molar-refractivity contribution in [2.45, 2.75) is 77.7 Å². The number of nitrogens with one attached hydrogen (secondary N) is 4. The molecule has 2 bridgehead atoms. The number of rotatable bonds is 8. The van der Waals surface area contributed by atoms with E-state index in [1.165, 1.54) is 24.2 Å². The van der Waals surface area contributed by atoms with Crippen LogP contribution in [-0.4, -0.2) is 85.6 Å². The molecule has 0 radical (unpaired) electrons. The van der Waals surface area contributed by atoms with Gasteiger partial charge in [0.15, 0.2) is 11.5 Å². The molecule has 1 aliphatic rings. The van der Waals surface area contributed by atoms with Gasteiger partial charge in [0.2, 0.25) is 23.6 Å². The van der Waals surface area contributed by atoms with Crippen molar-refractivity contribution in [3.63, 3.8) is 0 Å². The molecule has 4 N–H and O–H groups in total. The van der Waals surface area contributed by atoms with Crippen LogP contribution in [0.3, 0.4) is 0 Å². The molecule has 0 saturated heterocycles. The number of carbonyl (C=O) groups is 5. The summed E-state index contributed by atoms with van der Waals surface area (Å²) in [6.45, 7) is 6.01. The summed E-state index contributed by atoms with van der Waals surface area (Å²) < 4.78 is 6.99. The van der Waals surface area contributed by atoms with Crippen LogP contribution in [0.4, 0.5) is 0 Å². The summed E-state index contributed by atoms with van der Waals surface area (Å²) in [5.41, 5.74) is 0.763. The number of fused-ring (bicyclic) bond motifs is 2. The lowest BCUT2D eigenvalue weighted by atomic mass is 10.0. The number of benzene rings is 1. The molecule has 1 aliphatic heterocycles. The summed E-state index contributed by atoms with van der Waals surface area (Å²) in [4.78, 5) is 71.7. The topological polar surface area (TPSA) is 193 Å². The van der Waals surface area contributed by atoms with Gasteiger partial charge in [0.05, 0.1) is 6.54 Å². The van der Waals surface area contributed by atoms with Crippen molar-refractivity contribution < 1.29 is 28.5 Å². The van der Waals surface area contributed by atoms with E-state index < -0.39 is 41.8 Å². The standard InChI is InChI=1S/C31H41N9O6/c1-20(2)14-24-30(44)37-25(15-22-8-5-4-6-9-22)29(43)33-11-13-39(27(41)10-7-12-40-19-32-18-34-40)17-23-16-26(38-46-23)31(45)35-21(3)28(42)36-24/h4-6,8-9,16,18-21,24-25H,7,10-15,17H2,1-3H3,(H,33,43)(H,35,45)(H,36,42)(H,37,44)/t21-,24-,25-/m1/s1. The van der Waals surface area contributed by atoms with E-state index in [0.29, 0.717) is 19.4 Å². The second kappa shape index (κ2) is 16.3. The Balaban J connectivity index is 1.57. The van der Waals surface area contributed by atoms with Crippen LogP contribution in [-0.2, 0) is 38.7 Å². The van der Waals surface area contributed by atoms with Crippen molar-refractivity contribution in [1.82, 2.24) is 46.1 Å². The number of carbonyl (C=O) groups excluding carboxylic acids is 5. The van der Waals surface area contributed by atoms with E-state index in [-0.39, 0.29) is 55.8 Å². The first-order valence-corrected chi connectivity index (χ1v) is 15.4. The van der Waals surface area contributed by atoms with Crippen LogP contribution in [0.25, 0.3) is 0 Å². The van der Waals surface area contributed by atoms with E-state index in [9.17, 15) is 24.0 Å². The lowest BCUT2D eigenvalue weighted by Gasteiger charge is -2.26. The summed E-state index contributed by atoms with van der Waals surface area (Å²) >= 11 is 0. The highest BCUT2D eigenvalue weighted by Gasteiger charge is 2.30. The number of aromatic nitrogens is 4. The monoisotopic (exact) mass is 635 g/mol. The fourth-order valence-corrected chi connectivity index (χ4v) is 4.98. The van der Waals surface area contributed by atoms with E-state index >= 15 is 0 Å². The summed E-state index contributed by atoms with van der Waals surface area (Å²) in [6.07, 6.45) is 4.18. The molecule has 1 aromatic carbocycles. The predicted octanol–water partition coefficient (Wildman–Crippen LogP) is 0.582. The highest BCUT2D eigenvalue weighted by Crippen LogP contribution is 2.12. The maximum Gasteiger partial charge on any atom is 0.274 e. The molecular formula is C31H41N9O6. The first-order chi connectivity index (χ1) is 22.1. The second-order valence-electron chi connectivity index (χ2n) is 11.7. The molecule has 0 fully saturated rings. The van der Waals surface area contributed by atoms with Gasteiger partial charge in [0.1, 0.15) is 30.8 Å². The van der Waals surface area contributed by atoms with Gasteiger partial charge in [-0.15, -0.1) is 0 Å². The highest BCUT2D eigenvalue weighted by atomic mass is 16.5. The first-order valence-electron chi connectivity index (χ1n) is 15.4. The third kappa shape index (κ3) is 9.97. The van der Waals surface area contributed by atoms with Gasteiger partial charge in [-0.2, -0.15) is 5.10 Å². The van der Waals surface area contributed by atoms with Crippen molar-refractivity contribution in [2.75, 3.05) is 13.1 Å². The Morgan fingerprint density at radius 3 is 2.50 bits per heavy atom. The fraction of sp³-hybridized carbons (Fsp3) is 0.484. The zero-order valence-corrected chi connectivity index (χ0v) is 26.3. The molecule has 0 aliphatic carbocycles. The normalized spacial score (nSPS) is 20.3. The van der Waals surface area contributed by atoms with Crippen LogP contribution < -0.4 is 21.3 Å². The SMILES string of the molecule is CC(C)C[C@H]1NC(=O)[C@@H](C)NC(=O)c2cc(on2)CN(C(=O)CCCn2cncn2)CCNC(=O)[C@@H](Cc2ccccc2)NC1=O. The Labute approximate surface area is 266 Å². The third-order valence-electron chi connectivity index (χ3n) is 7.41. The maximum absolute atomic E-state index is 13.5. The van der Waals surface area contributed by atoms with Crippen LogP contribution in [0.1, 0.15) is 61.8 Å². The van der Waals surface area contributed by atoms with Crippen LogP contribution >= 0.6 is 0 Å². The van der Waals surface area contributed by atoms with E-state index in [2.05, 4.69) is 36.5 Å². The number of hydrogen-bond acceptors (Lipinski definition) is 9. The minimum absolute atomic E-state index is 0.00455. The largest absolute Gasteiger partial charge is 0.359 e. The first kappa shape index (κ1) is 33.8. The Hall–Kier alpha value is -5.08. The summed E-state index contributed by atoms with van der Waals surface area (Å²) in [7, 11) is 0. The van der Waals surface area contributed by atoms with Crippen LogP contribution in [0.2, 0.25) is 0 Å². The Morgan fingerprint density at radius 2 is 1.78 bits per heavy atom. The van der Waals surface area contributed by atoms with Gasteiger partial charge in [-0.1, -0.05) is 49.3 Å². The van der Waals surface area contributed by atoms with Gasteiger partial charge < -0.3 is 30.7 Å². The van der Waals surface area contributed by atoms with Crippen LogP contribution in [0.15, 0.2) is 53.6 Å². The minimum atomic E-state index is -1.01. The van der Waals surface area contributed by atoms with E-state index in [4.69, 9.17) is 4.52 Å². The molecule has 46 heavy (non-hydrogen) atoms. The molecule has 246 valence electrons. The lowest BCUT2D eigenvalue weighted by Crippen LogP contribution is -2.57. The molecule has 0 spiro atoms. The van der Waals surface area contributed by atoms with Gasteiger partial charge in [-0.25, -0.2) is 4.98 Å². The molecule has 15 heteroatoms. The van der Waals surface area contributed by atoms with Gasteiger partial charge in [0, 0.05) is 38.5 Å². The van der Waals surface area contributed by atoms with E-state index in [1.54, 1.807) is 11.0 Å². The Bertz CT molecular complexity index is 1470. The molecule has 5 amide bonds. The molecule has 4 rings (SSSR count). The van der Waals surface area contributed by atoms with Gasteiger partial charge in [0.25, 0.3) is 5.91 Å². The molecule has 0 saturated carbocycles. The van der Waals surface area contributed by atoms with Gasteiger partial charge >= 0.3 is 0 Å². The fourth-order valence-electron chi connectivity index (χ4n) is 4.98.